The summed E-state index contributed by atoms with van der Waals surface area (Å²) < 4.78 is 30.5. The summed E-state index contributed by atoms with van der Waals surface area (Å²) in [6.07, 6.45) is 1.36. The maximum absolute atomic E-state index is 14.4. The van der Waals surface area contributed by atoms with Crippen LogP contribution in [0.15, 0.2) is 17.9 Å². The molecule has 1 fully saturated rings. The topological polar surface area (TPSA) is 44.8 Å². The fourth-order valence-electron chi connectivity index (χ4n) is 1.94. The van der Waals surface area contributed by atoms with Crippen LogP contribution in [0.1, 0.15) is 44.4 Å². The van der Waals surface area contributed by atoms with Gasteiger partial charge in [0.1, 0.15) is 5.73 Å². The highest BCUT2D eigenvalue weighted by Gasteiger charge is 2.53. The summed E-state index contributed by atoms with van der Waals surface area (Å²) in [6, 6.07) is 3.45. The number of carbonyl (C=O) groups is 1. The molecule has 1 aliphatic rings. The molecule has 0 spiro atoms. The monoisotopic (exact) mass is 350 g/mol. The van der Waals surface area contributed by atoms with Gasteiger partial charge in [-0.3, -0.25) is 0 Å². The molecule has 0 unspecified atom stereocenters. The normalized spacial score (nSPS) is 18.9. The molecule has 2 rings (SSSR count). The van der Waals surface area contributed by atoms with Crippen LogP contribution in [0.2, 0.25) is 0 Å². The van der Waals surface area contributed by atoms with Crippen molar-refractivity contribution in [3.8, 4) is 11.8 Å². The van der Waals surface area contributed by atoms with Crippen molar-refractivity contribution in [3.63, 3.8) is 0 Å². The van der Waals surface area contributed by atoms with Crippen molar-refractivity contribution in [3.05, 3.63) is 27.6 Å². The summed E-state index contributed by atoms with van der Waals surface area (Å²) >= 11 is 1.27. The Morgan fingerprint density at radius 2 is 1.96 bits per heavy atom. The molecule has 0 amide bonds. The van der Waals surface area contributed by atoms with E-state index in [1.165, 1.54) is 17.4 Å². The lowest BCUT2D eigenvalue weighted by Crippen LogP contribution is -2.41. The van der Waals surface area contributed by atoms with Crippen LogP contribution in [0, 0.1) is 11.8 Å². The lowest BCUT2D eigenvalue weighted by atomic mass is 9.87. The van der Waals surface area contributed by atoms with E-state index < -0.39 is 30.0 Å². The van der Waals surface area contributed by atoms with E-state index in [1.807, 2.05) is 27.7 Å². The van der Waals surface area contributed by atoms with Gasteiger partial charge in [0.2, 0.25) is 0 Å². The minimum atomic E-state index is -1.02. The molecule has 1 aliphatic heterocycles. The van der Waals surface area contributed by atoms with Crippen LogP contribution in [0.3, 0.4) is 0 Å². The van der Waals surface area contributed by atoms with Gasteiger partial charge in [-0.25, -0.2) is 9.18 Å². The molecular weight excluding hydrogens is 330 g/mol. The van der Waals surface area contributed by atoms with E-state index in [1.54, 1.807) is 19.1 Å². The molecule has 0 aliphatic carbocycles. The first-order chi connectivity index (χ1) is 11.1. The second kappa shape index (κ2) is 7.10. The summed E-state index contributed by atoms with van der Waals surface area (Å²) in [5, 5.41) is 0. The largest absolute Gasteiger partial charge is 0.525 e. The third-order valence-electron chi connectivity index (χ3n) is 3.95. The Labute approximate surface area is 146 Å². The molecule has 0 atom stereocenters. The van der Waals surface area contributed by atoms with Crippen molar-refractivity contribution in [2.45, 2.75) is 45.8 Å². The van der Waals surface area contributed by atoms with Crippen molar-refractivity contribution < 1.29 is 23.2 Å². The lowest BCUT2D eigenvalue weighted by Gasteiger charge is -2.32. The zero-order valence-corrected chi connectivity index (χ0v) is 15.3. The van der Waals surface area contributed by atoms with Crippen LogP contribution >= 0.6 is 11.3 Å². The van der Waals surface area contributed by atoms with Gasteiger partial charge in [-0.15, -0.1) is 11.3 Å². The molecule has 128 valence electrons. The molecule has 24 heavy (non-hydrogen) atoms. The minimum absolute atomic E-state index is 0.283. The van der Waals surface area contributed by atoms with Gasteiger partial charge in [0.25, 0.3) is 0 Å². The van der Waals surface area contributed by atoms with Gasteiger partial charge < -0.3 is 14.0 Å². The van der Waals surface area contributed by atoms with Gasteiger partial charge in [0.05, 0.1) is 22.7 Å². The minimum Gasteiger partial charge on any atom is -0.456 e. The van der Waals surface area contributed by atoms with Gasteiger partial charge in [-0.05, 0) is 58.7 Å². The van der Waals surface area contributed by atoms with Crippen LogP contribution in [0.4, 0.5) is 4.39 Å². The molecule has 1 aromatic heterocycles. The molecule has 0 aromatic carbocycles. The fraction of sp³-hybridized carbons (Fsp3) is 0.471. The smallest absolute Gasteiger partial charge is 0.456 e. The average molecular weight is 350 g/mol. The Morgan fingerprint density at radius 3 is 2.54 bits per heavy atom. The molecule has 1 saturated heterocycles. The summed E-state index contributed by atoms with van der Waals surface area (Å²) in [5.74, 6) is 4.50. The number of esters is 1. The number of rotatable bonds is 3. The maximum atomic E-state index is 14.4. The first-order valence-corrected chi connectivity index (χ1v) is 8.47. The summed E-state index contributed by atoms with van der Waals surface area (Å²) in [5.41, 5.74) is -1.68. The van der Waals surface area contributed by atoms with Crippen LogP contribution in [-0.4, -0.2) is 30.9 Å². The highest BCUT2D eigenvalue weighted by Crippen LogP contribution is 2.39. The SMILES string of the molecule is CCOC(=O)C#Cc1ccc(C=C(F)B2OC(C)(C)C(C)(C)O2)s1. The second-order valence-corrected chi connectivity index (χ2v) is 7.41. The number of hydrogen-bond donors (Lipinski definition) is 0. The third-order valence-corrected chi connectivity index (χ3v) is 4.90. The Hall–Kier alpha value is -1.62. The fourth-order valence-corrected chi connectivity index (χ4v) is 2.74. The predicted octanol–water partition coefficient (Wildman–Crippen LogP) is 3.60. The van der Waals surface area contributed by atoms with Gasteiger partial charge in [0, 0.05) is 10.8 Å². The van der Waals surface area contributed by atoms with Crippen molar-refractivity contribution in [2.75, 3.05) is 6.61 Å². The Kier molecular flexibility index (Phi) is 5.54. The van der Waals surface area contributed by atoms with Gasteiger partial charge in [0.15, 0.2) is 0 Å². The van der Waals surface area contributed by atoms with Gasteiger partial charge in [-0.2, -0.15) is 0 Å². The molecule has 7 heteroatoms. The van der Waals surface area contributed by atoms with Crippen molar-refractivity contribution in [1.82, 2.24) is 0 Å². The van der Waals surface area contributed by atoms with Crippen LogP contribution < -0.4 is 0 Å². The Bertz CT molecular complexity index is 696. The van der Waals surface area contributed by atoms with Gasteiger partial charge >= 0.3 is 13.1 Å². The molecule has 4 nitrogen and oxygen atoms in total. The quantitative estimate of drug-likeness (QED) is 0.475. The van der Waals surface area contributed by atoms with E-state index in [-0.39, 0.29) is 6.61 Å². The first-order valence-electron chi connectivity index (χ1n) is 7.66. The van der Waals surface area contributed by atoms with E-state index in [9.17, 15) is 9.18 Å². The van der Waals surface area contributed by atoms with Crippen molar-refractivity contribution >= 4 is 30.5 Å². The molecule has 1 aromatic rings. The molecule has 0 radical (unpaired) electrons. The van der Waals surface area contributed by atoms with Crippen molar-refractivity contribution in [1.29, 1.82) is 0 Å². The molecule has 0 bridgehead atoms. The number of carbonyl (C=O) groups excluding carboxylic acids is 1. The second-order valence-electron chi connectivity index (χ2n) is 6.29. The first kappa shape index (κ1) is 18.7. The third kappa shape index (κ3) is 4.26. The highest BCUT2D eigenvalue weighted by molar-refractivity contribution is 7.13. The maximum Gasteiger partial charge on any atom is 0.525 e. The number of hydrogen-bond acceptors (Lipinski definition) is 5. The van der Waals surface area contributed by atoms with E-state index in [0.29, 0.717) is 9.75 Å². The summed E-state index contributed by atoms with van der Waals surface area (Å²) in [7, 11) is -1.02. The molecule has 0 N–H and O–H groups in total. The summed E-state index contributed by atoms with van der Waals surface area (Å²) in [6.45, 7) is 9.48. The lowest BCUT2D eigenvalue weighted by molar-refractivity contribution is -0.136. The van der Waals surface area contributed by atoms with Crippen LogP contribution in [-0.2, 0) is 18.8 Å². The van der Waals surface area contributed by atoms with Gasteiger partial charge in [-0.1, -0.05) is 0 Å². The predicted molar refractivity (Wildman–Crippen MR) is 93.0 cm³/mol. The van der Waals surface area contributed by atoms with Crippen LogP contribution in [0.5, 0.6) is 0 Å². The highest BCUT2D eigenvalue weighted by atomic mass is 32.1. The summed E-state index contributed by atoms with van der Waals surface area (Å²) in [4.78, 5) is 12.5. The van der Waals surface area contributed by atoms with Crippen LogP contribution in [0.25, 0.3) is 6.08 Å². The Morgan fingerprint density at radius 1 is 1.33 bits per heavy atom. The number of ether oxygens (including phenoxy) is 1. The molecule has 0 saturated carbocycles. The number of halogens is 1. The molecule has 2 heterocycles. The van der Waals surface area contributed by atoms with E-state index >= 15 is 0 Å². The molecular formula is C17H20BFO4S. The van der Waals surface area contributed by atoms with E-state index in [0.717, 1.165) is 0 Å². The zero-order valence-electron chi connectivity index (χ0n) is 14.4. The Balaban J connectivity index is 2.08. The number of thiophene rings is 1. The van der Waals surface area contributed by atoms with E-state index in [4.69, 9.17) is 14.0 Å². The standard InChI is InChI=1S/C17H20BFO4S/c1-6-21-15(20)10-9-12-7-8-13(24-12)11-14(19)18-22-16(2,3)17(4,5)23-18/h7-8,11H,6H2,1-5H3. The van der Waals surface area contributed by atoms with Crippen molar-refractivity contribution in [2.24, 2.45) is 0 Å². The van der Waals surface area contributed by atoms with E-state index in [2.05, 4.69) is 11.8 Å². The zero-order chi connectivity index (χ0) is 18.0. The average Bonchev–Trinajstić information content (AvgIpc) is 2.99.